The first-order chi connectivity index (χ1) is 6.36. The lowest BCUT2D eigenvalue weighted by Crippen LogP contribution is -2.09. The van der Waals surface area contributed by atoms with Gasteiger partial charge in [-0.1, -0.05) is 27.7 Å². The fraction of sp³-hybridized carbons (Fsp3) is 0.636. The molecule has 0 radical (unpaired) electrons. The summed E-state index contributed by atoms with van der Waals surface area (Å²) in [5.74, 6) is 0. The van der Waals surface area contributed by atoms with Crippen LogP contribution in [0.3, 0.4) is 0 Å². The van der Waals surface area contributed by atoms with Crippen molar-refractivity contribution in [2.24, 2.45) is 5.73 Å². The summed E-state index contributed by atoms with van der Waals surface area (Å²) in [6.07, 6.45) is 0.939. The summed E-state index contributed by atoms with van der Waals surface area (Å²) in [5.41, 5.74) is 13.0. The molecule has 1 rings (SSSR count). The van der Waals surface area contributed by atoms with Gasteiger partial charge in [-0.25, -0.2) is 0 Å². The van der Waals surface area contributed by atoms with Crippen molar-refractivity contribution in [2.75, 3.05) is 5.73 Å². The van der Waals surface area contributed by atoms with Crippen LogP contribution in [-0.2, 0) is 5.41 Å². The molecule has 3 heteroatoms. The van der Waals surface area contributed by atoms with Crippen LogP contribution in [-0.4, -0.2) is 0 Å². The Labute approximate surface area is 90.3 Å². The van der Waals surface area contributed by atoms with E-state index in [0.717, 1.165) is 17.0 Å². The number of hydrogen-bond donors (Lipinski definition) is 2. The number of nitrogens with two attached hydrogens (primary N) is 2. The van der Waals surface area contributed by atoms with Crippen molar-refractivity contribution < 1.29 is 0 Å². The zero-order valence-corrected chi connectivity index (χ0v) is 10.2. The predicted octanol–water partition coefficient (Wildman–Crippen LogP) is 3.04. The van der Waals surface area contributed by atoms with Gasteiger partial charge >= 0.3 is 0 Å². The van der Waals surface area contributed by atoms with Crippen LogP contribution in [0.1, 0.15) is 49.9 Å². The Morgan fingerprint density at radius 2 is 2.00 bits per heavy atom. The second-order valence-corrected chi connectivity index (χ2v) is 5.78. The van der Waals surface area contributed by atoms with Gasteiger partial charge in [0.15, 0.2) is 0 Å². The van der Waals surface area contributed by atoms with Crippen molar-refractivity contribution in [2.45, 2.75) is 45.6 Å². The molecule has 4 N–H and O–H groups in total. The topological polar surface area (TPSA) is 52.0 Å². The summed E-state index contributed by atoms with van der Waals surface area (Å²) in [6.45, 7) is 8.67. The van der Waals surface area contributed by atoms with Gasteiger partial charge in [0.2, 0.25) is 0 Å². The van der Waals surface area contributed by atoms with Crippen LogP contribution in [0.5, 0.6) is 0 Å². The van der Waals surface area contributed by atoms with E-state index in [4.69, 9.17) is 11.5 Å². The van der Waals surface area contributed by atoms with Gasteiger partial charge in [0, 0.05) is 21.5 Å². The minimum atomic E-state index is 0.0936. The van der Waals surface area contributed by atoms with Crippen LogP contribution in [0.15, 0.2) is 6.07 Å². The minimum Gasteiger partial charge on any atom is -0.398 e. The smallest absolute Gasteiger partial charge is 0.0474 e. The molecule has 1 aromatic heterocycles. The first kappa shape index (κ1) is 11.5. The van der Waals surface area contributed by atoms with Gasteiger partial charge in [0.25, 0.3) is 0 Å². The summed E-state index contributed by atoms with van der Waals surface area (Å²) in [6, 6.07) is 2.16. The van der Waals surface area contributed by atoms with Crippen molar-refractivity contribution in [3.63, 3.8) is 0 Å². The largest absolute Gasteiger partial charge is 0.398 e. The van der Waals surface area contributed by atoms with E-state index in [0.29, 0.717) is 0 Å². The summed E-state index contributed by atoms with van der Waals surface area (Å²) in [7, 11) is 0. The lowest BCUT2D eigenvalue weighted by Gasteiger charge is -2.15. The molecule has 0 unspecified atom stereocenters. The Kier molecular flexibility index (Phi) is 3.22. The monoisotopic (exact) mass is 212 g/mol. The van der Waals surface area contributed by atoms with E-state index >= 15 is 0 Å². The van der Waals surface area contributed by atoms with Crippen molar-refractivity contribution in [1.82, 2.24) is 0 Å². The van der Waals surface area contributed by atoms with Crippen LogP contribution >= 0.6 is 11.3 Å². The molecule has 1 aromatic rings. The van der Waals surface area contributed by atoms with E-state index in [-0.39, 0.29) is 11.5 Å². The fourth-order valence-corrected chi connectivity index (χ4v) is 2.49. The lowest BCUT2D eigenvalue weighted by molar-refractivity contribution is 0.604. The third kappa shape index (κ3) is 2.28. The van der Waals surface area contributed by atoms with E-state index in [1.54, 1.807) is 11.3 Å². The zero-order valence-electron chi connectivity index (χ0n) is 9.42. The quantitative estimate of drug-likeness (QED) is 0.791. The molecule has 14 heavy (non-hydrogen) atoms. The van der Waals surface area contributed by atoms with Crippen LogP contribution < -0.4 is 11.5 Å². The summed E-state index contributed by atoms with van der Waals surface area (Å²) < 4.78 is 0. The average molecular weight is 212 g/mol. The summed E-state index contributed by atoms with van der Waals surface area (Å²) in [4.78, 5) is 2.45. The first-order valence-corrected chi connectivity index (χ1v) is 5.83. The van der Waals surface area contributed by atoms with Gasteiger partial charge in [-0.2, -0.15) is 0 Å². The highest BCUT2D eigenvalue weighted by molar-refractivity contribution is 7.12. The Morgan fingerprint density at radius 1 is 1.43 bits per heavy atom. The Balaban J connectivity index is 3.05. The fourth-order valence-electron chi connectivity index (χ4n) is 1.26. The van der Waals surface area contributed by atoms with E-state index in [1.807, 2.05) is 0 Å². The zero-order chi connectivity index (χ0) is 10.9. The molecule has 1 atom stereocenters. The van der Waals surface area contributed by atoms with Crippen molar-refractivity contribution in [3.05, 3.63) is 15.8 Å². The Morgan fingerprint density at radius 3 is 2.36 bits per heavy atom. The standard InChI is InChI=1S/C11H20N2S/c1-5-7(12)10-8(13)6-9(14-10)11(2,3)4/h6-7H,5,12-13H2,1-4H3/t7-/m0/s1. The average Bonchev–Trinajstić information content (AvgIpc) is 2.45. The number of nitrogen functional groups attached to an aromatic ring is 1. The van der Waals surface area contributed by atoms with Crippen LogP contribution in [0.4, 0.5) is 5.69 Å². The highest BCUT2D eigenvalue weighted by Gasteiger charge is 2.20. The maximum Gasteiger partial charge on any atom is 0.0474 e. The van der Waals surface area contributed by atoms with E-state index in [9.17, 15) is 0 Å². The number of rotatable bonds is 2. The molecule has 0 fully saturated rings. The Bertz CT molecular complexity index is 310. The molecule has 0 aliphatic carbocycles. The van der Waals surface area contributed by atoms with Crippen molar-refractivity contribution in [3.8, 4) is 0 Å². The van der Waals surface area contributed by atoms with Crippen molar-refractivity contribution in [1.29, 1.82) is 0 Å². The molecule has 0 saturated heterocycles. The van der Waals surface area contributed by atoms with Gasteiger partial charge in [0.05, 0.1) is 0 Å². The number of thiophene rings is 1. The molecule has 0 bridgehead atoms. The molecule has 0 aromatic carbocycles. The second kappa shape index (κ2) is 3.91. The highest BCUT2D eigenvalue weighted by atomic mass is 32.1. The molecule has 80 valence electrons. The van der Waals surface area contributed by atoms with Gasteiger partial charge in [-0.05, 0) is 17.9 Å². The molecule has 0 aliphatic rings. The van der Waals surface area contributed by atoms with E-state index in [1.165, 1.54) is 4.88 Å². The van der Waals surface area contributed by atoms with Crippen LogP contribution in [0.25, 0.3) is 0 Å². The molecule has 0 spiro atoms. The van der Waals surface area contributed by atoms with Crippen molar-refractivity contribution >= 4 is 17.0 Å². The third-order valence-electron chi connectivity index (χ3n) is 2.31. The minimum absolute atomic E-state index is 0.0936. The van der Waals surface area contributed by atoms with Gasteiger partial charge in [-0.15, -0.1) is 11.3 Å². The molecule has 2 nitrogen and oxygen atoms in total. The Hall–Kier alpha value is -0.540. The number of hydrogen-bond acceptors (Lipinski definition) is 3. The van der Waals surface area contributed by atoms with E-state index < -0.39 is 0 Å². The molecule has 0 aliphatic heterocycles. The second-order valence-electron chi connectivity index (χ2n) is 4.69. The molecule has 0 amide bonds. The van der Waals surface area contributed by atoms with E-state index in [2.05, 4.69) is 33.8 Å². The maximum atomic E-state index is 5.98. The SMILES string of the molecule is CC[C@H](N)c1sc(C(C)(C)C)cc1N. The normalized spacial score (nSPS) is 14.4. The summed E-state index contributed by atoms with van der Waals surface area (Å²) in [5, 5.41) is 0. The molecular weight excluding hydrogens is 192 g/mol. The predicted molar refractivity (Wildman–Crippen MR) is 64.7 cm³/mol. The summed E-state index contributed by atoms with van der Waals surface area (Å²) >= 11 is 1.75. The number of anilines is 1. The van der Waals surface area contributed by atoms with Gasteiger partial charge in [-0.3, -0.25) is 0 Å². The molecule has 0 saturated carbocycles. The lowest BCUT2D eigenvalue weighted by atomic mass is 9.94. The highest BCUT2D eigenvalue weighted by Crippen LogP contribution is 2.37. The first-order valence-electron chi connectivity index (χ1n) is 5.01. The molecular formula is C11H20N2S. The molecule has 1 heterocycles. The maximum absolute atomic E-state index is 5.98. The van der Waals surface area contributed by atoms with Gasteiger partial charge < -0.3 is 11.5 Å². The van der Waals surface area contributed by atoms with Crippen LogP contribution in [0.2, 0.25) is 0 Å². The van der Waals surface area contributed by atoms with Gasteiger partial charge in [0.1, 0.15) is 0 Å². The third-order valence-corrected chi connectivity index (χ3v) is 4.02. The van der Waals surface area contributed by atoms with Crippen LogP contribution in [0, 0.1) is 0 Å².